The van der Waals surface area contributed by atoms with Crippen molar-refractivity contribution >= 4 is 11.3 Å². The predicted molar refractivity (Wildman–Crippen MR) is 76.7 cm³/mol. The second-order valence-electron chi connectivity index (χ2n) is 4.43. The molecule has 1 aromatic heterocycles. The van der Waals surface area contributed by atoms with E-state index in [0.717, 1.165) is 13.1 Å². The van der Waals surface area contributed by atoms with Gasteiger partial charge in [0.05, 0.1) is 6.61 Å². The van der Waals surface area contributed by atoms with E-state index in [0.29, 0.717) is 6.54 Å². The maximum Gasteiger partial charge on any atom is 0.0558 e. The molecule has 0 unspecified atom stereocenters. The van der Waals surface area contributed by atoms with E-state index in [2.05, 4.69) is 48.2 Å². The van der Waals surface area contributed by atoms with Crippen LogP contribution in [0.25, 0.3) is 0 Å². The minimum absolute atomic E-state index is 0.206. The topological polar surface area (TPSA) is 23.5 Å². The maximum absolute atomic E-state index is 9.16. The van der Waals surface area contributed by atoms with Gasteiger partial charge >= 0.3 is 0 Å². The molecule has 18 heavy (non-hydrogen) atoms. The molecule has 2 rings (SSSR count). The summed E-state index contributed by atoms with van der Waals surface area (Å²) >= 11 is 1.83. The van der Waals surface area contributed by atoms with Crippen LogP contribution >= 0.6 is 11.3 Å². The van der Waals surface area contributed by atoms with Gasteiger partial charge in [-0.15, -0.1) is 11.3 Å². The third kappa shape index (κ3) is 3.95. The summed E-state index contributed by atoms with van der Waals surface area (Å²) in [7, 11) is 0. The average molecular weight is 261 g/mol. The molecule has 96 valence electrons. The summed E-state index contributed by atoms with van der Waals surface area (Å²) in [5, 5.41) is 9.16. The van der Waals surface area contributed by atoms with Crippen molar-refractivity contribution in [1.29, 1.82) is 0 Å². The molecular formula is C15H19NOS. The second-order valence-corrected chi connectivity index (χ2v) is 5.80. The Hall–Kier alpha value is -1.16. The number of thiophene rings is 1. The first kappa shape index (κ1) is 13.3. The number of aliphatic hydroxyl groups is 1. The second kappa shape index (κ2) is 6.69. The van der Waals surface area contributed by atoms with E-state index in [1.807, 2.05) is 17.4 Å². The van der Waals surface area contributed by atoms with Crippen LogP contribution in [0.5, 0.6) is 0 Å². The average Bonchev–Trinajstić information content (AvgIpc) is 2.76. The first-order valence-electron chi connectivity index (χ1n) is 6.20. The Bertz CT molecular complexity index is 466. The summed E-state index contributed by atoms with van der Waals surface area (Å²) in [4.78, 5) is 4.98. The van der Waals surface area contributed by atoms with Crippen LogP contribution in [-0.2, 0) is 13.1 Å². The molecule has 0 atom stereocenters. The van der Waals surface area contributed by atoms with Crippen LogP contribution < -0.4 is 0 Å². The Kier molecular flexibility index (Phi) is 4.93. The van der Waals surface area contributed by atoms with Crippen LogP contribution in [0.4, 0.5) is 0 Å². The molecule has 0 aliphatic carbocycles. The van der Waals surface area contributed by atoms with Gasteiger partial charge in [0.1, 0.15) is 0 Å². The summed E-state index contributed by atoms with van der Waals surface area (Å²) in [6.07, 6.45) is 0. The Balaban J connectivity index is 1.99. The van der Waals surface area contributed by atoms with Crippen molar-refractivity contribution < 1.29 is 5.11 Å². The fourth-order valence-corrected chi connectivity index (χ4v) is 2.92. The van der Waals surface area contributed by atoms with Gasteiger partial charge in [0, 0.05) is 29.4 Å². The van der Waals surface area contributed by atoms with Gasteiger partial charge in [-0.25, -0.2) is 0 Å². The van der Waals surface area contributed by atoms with E-state index in [1.165, 1.54) is 15.3 Å². The molecule has 0 bridgehead atoms. The van der Waals surface area contributed by atoms with E-state index >= 15 is 0 Å². The molecule has 1 N–H and O–H groups in total. The minimum atomic E-state index is 0.206. The van der Waals surface area contributed by atoms with Crippen molar-refractivity contribution in [3.8, 4) is 0 Å². The lowest BCUT2D eigenvalue weighted by Crippen LogP contribution is -2.25. The highest BCUT2D eigenvalue weighted by Crippen LogP contribution is 2.18. The van der Waals surface area contributed by atoms with Gasteiger partial charge in [0.25, 0.3) is 0 Å². The quantitative estimate of drug-likeness (QED) is 0.864. The van der Waals surface area contributed by atoms with Crippen molar-refractivity contribution in [2.24, 2.45) is 0 Å². The van der Waals surface area contributed by atoms with Gasteiger partial charge < -0.3 is 5.11 Å². The molecule has 0 amide bonds. The van der Waals surface area contributed by atoms with Crippen LogP contribution in [0.2, 0.25) is 0 Å². The number of aryl methyl sites for hydroxylation is 1. The number of rotatable bonds is 6. The zero-order valence-electron chi connectivity index (χ0n) is 10.7. The third-order valence-electron chi connectivity index (χ3n) is 2.84. The number of hydrogen-bond acceptors (Lipinski definition) is 3. The Morgan fingerprint density at radius 3 is 2.44 bits per heavy atom. The molecule has 2 nitrogen and oxygen atoms in total. The molecule has 1 heterocycles. The molecule has 0 spiro atoms. The fourth-order valence-electron chi connectivity index (χ4n) is 1.99. The zero-order valence-corrected chi connectivity index (χ0v) is 11.5. The normalized spacial score (nSPS) is 11.1. The van der Waals surface area contributed by atoms with Crippen LogP contribution in [-0.4, -0.2) is 23.2 Å². The van der Waals surface area contributed by atoms with E-state index in [1.54, 1.807) is 0 Å². The molecule has 0 saturated carbocycles. The lowest BCUT2D eigenvalue weighted by molar-refractivity contribution is 0.185. The summed E-state index contributed by atoms with van der Waals surface area (Å²) in [5.41, 5.74) is 1.29. The molecule has 0 aliphatic rings. The molecule has 0 fully saturated rings. The smallest absolute Gasteiger partial charge is 0.0558 e. The van der Waals surface area contributed by atoms with Crippen LogP contribution in [0.3, 0.4) is 0 Å². The third-order valence-corrected chi connectivity index (χ3v) is 3.83. The first-order chi connectivity index (χ1) is 8.78. The van der Waals surface area contributed by atoms with Gasteiger partial charge in [0.15, 0.2) is 0 Å². The molecule has 2 aromatic rings. The summed E-state index contributed by atoms with van der Waals surface area (Å²) in [6.45, 7) is 4.84. The minimum Gasteiger partial charge on any atom is -0.395 e. The molecule has 3 heteroatoms. The van der Waals surface area contributed by atoms with Crippen molar-refractivity contribution in [2.45, 2.75) is 20.0 Å². The molecular weight excluding hydrogens is 242 g/mol. The summed E-state index contributed by atoms with van der Waals surface area (Å²) < 4.78 is 0. The Morgan fingerprint density at radius 1 is 1.06 bits per heavy atom. The molecule has 0 radical (unpaired) electrons. The molecule has 0 aliphatic heterocycles. The van der Waals surface area contributed by atoms with E-state index in [-0.39, 0.29) is 6.61 Å². The van der Waals surface area contributed by atoms with Crippen LogP contribution in [0, 0.1) is 6.92 Å². The van der Waals surface area contributed by atoms with Gasteiger partial charge in [-0.1, -0.05) is 30.3 Å². The van der Waals surface area contributed by atoms with Gasteiger partial charge in [0.2, 0.25) is 0 Å². The first-order valence-corrected chi connectivity index (χ1v) is 7.02. The number of benzene rings is 1. The van der Waals surface area contributed by atoms with E-state index in [9.17, 15) is 0 Å². The van der Waals surface area contributed by atoms with Gasteiger partial charge in [-0.3, -0.25) is 4.90 Å². The van der Waals surface area contributed by atoms with Crippen LogP contribution in [0.15, 0.2) is 42.5 Å². The highest BCUT2D eigenvalue weighted by molar-refractivity contribution is 7.11. The molecule has 1 aromatic carbocycles. The largest absolute Gasteiger partial charge is 0.395 e. The number of nitrogens with zero attached hydrogens (tertiary/aromatic N) is 1. The van der Waals surface area contributed by atoms with E-state index in [4.69, 9.17) is 5.11 Å². The summed E-state index contributed by atoms with van der Waals surface area (Å²) in [6, 6.07) is 14.7. The Morgan fingerprint density at radius 2 is 1.83 bits per heavy atom. The highest BCUT2D eigenvalue weighted by Gasteiger charge is 2.07. The van der Waals surface area contributed by atoms with Crippen molar-refractivity contribution in [2.75, 3.05) is 13.2 Å². The zero-order chi connectivity index (χ0) is 12.8. The van der Waals surface area contributed by atoms with Gasteiger partial charge in [-0.05, 0) is 24.6 Å². The number of aliphatic hydroxyl groups excluding tert-OH is 1. The van der Waals surface area contributed by atoms with Crippen molar-refractivity contribution in [1.82, 2.24) is 4.90 Å². The maximum atomic E-state index is 9.16. The Labute approximate surface area is 113 Å². The SMILES string of the molecule is Cc1ccc(CN(CCO)Cc2ccccc2)s1. The van der Waals surface area contributed by atoms with Crippen LogP contribution in [0.1, 0.15) is 15.3 Å². The van der Waals surface area contributed by atoms with Crippen molar-refractivity contribution in [3.05, 3.63) is 57.8 Å². The molecule has 0 saturated heterocycles. The van der Waals surface area contributed by atoms with Gasteiger partial charge in [-0.2, -0.15) is 0 Å². The number of hydrogen-bond donors (Lipinski definition) is 1. The standard InChI is InChI=1S/C15H19NOS/c1-13-7-8-15(18-13)12-16(9-10-17)11-14-5-3-2-4-6-14/h2-8,17H,9-12H2,1H3. The monoisotopic (exact) mass is 261 g/mol. The highest BCUT2D eigenvalue weighted by atomic mass is 32.1. The lowest BCUT2D eigenvalue weighted by atomic mass is 10.2. The summed E-state index contributed by atoms with van der Waals surface area (Å²) in [5.74, 6) is 0. The fraction of sp³-hybridized carbons (Fsp3) is 0.333. The lowest BCUT2D eigenvalue weighted by Gasteiger charge is -2.20. The van der Waals surface area contributed by atoms with Crippen molar-refractivity contribution in [3.63, 3.8) is 0 Å². The van der Waals surface area contributed by atoms with E-state index < -0.39 is 0 Å². The predicted octanol–water partition coefficient (Wildman–Crippen LogP) is 3.05.